The third kappa shape index (κ3) is 5.03. The van der Waals surface area contributed by atoms with Gasteiger partial charge in [-0.05, 0) is 78.5 Å². The Bertz CT molecular complexity index is 3270. The molecular weight excluding hydrogens is 717 g/mol. The lowest BCUT2D eigenvalue weighted by Crippen LogP contribution is -2.29. The minimum Gasteiger partial charge on any atom is -0.236 e. The lowest BCUT2D eigenvalue weighted by Gasteiger charge is -2.35. The van der Waals surface area contributed by atoms with Gasteiger partial charge in [0.05, 0.1) is 22.4 Å². The zero-order valence-electron chi connectivity index (χ0n) is 31.9. The van der Waals surface area contributed by atoms with Crippen molar-refractivity contribution in [3.63, 3.8) is 0 Å². The minimum atomic E-state index is -0.629. The second-order valence-corrected chi connectivity index (χ2v) is 15.3. The van der Waals surface area contributed by atoms with Crippen LogP contribution >= 0.6 is 0 Å². The van der Waals surface area contributed by atoms with Gasteiger partial charge in [-0.25, -0.2) is 19.9 Å². The van der Waals surface area contributed by atoms with Crippen molar-refractivity contribution in [2.75, 3.05) is 0 Å². The first-order valence-corrected chi connectivity index (χ1v) is 20.0. The van der Waals surface area contributed by atoms with Gasteiger partial charge in [-0.2, -0.15) is 0 Å². The first-order valence-electron chi connectivity index (χ1n) is 20.0. The maximum Gasteiger partial charge on any atom is 0.163 e. The van der Waals surface area contributed by atoms with Gasteiger partial charge in [-0.1, -0.05) is 182 Å². The lowest BCUT2D eigenvalue weighted by atomic mass is 9.65. The van der Waals surface area contributed by atoms with E-state index in [-0.39, 0.29) is 0 Å². The van der Waals surface area contributed by atoms with Gasteiger partial charge in [-0.3, -0.25) is 0 Å². The van der Waals surface area contributed by atoms with E-state index in [2.05, 4.69) is 146 Å². The number of hydrogen-bond donors (Lipinski definition) is 0. The van der Waals surface area contributed by atoms with E-state index in [1.54, 1.807) is 0 Å². The van der Waals surface area contributed by atoms with Crippen LogP contribution in [0.5, 0.6) is 0 Å². The number of fused-ring (bicyclic) bond motifs is 14. The molecule has 0 saturated carbocycles. The molecule has 8 aromatic carbocycles. The summed E-state index contributed by atoms with van der Waals surface area (Å²) in [6.45, 7) is 0. The number of aromatic nitrogens is 4. The van der Waals surface area contributed by atoms with Crippen molar-refractivity contribution in [3.8, 4) is 78.7 Å². The standard InChI is InChI=1S/C55H34N4/c1-3-16-36(17-4-1)50-32-51(59-54(58-50)39-33-56-53(57-34-39)37-18-5-2-6-19-37)38-27-29-44-42-22-10-9-21-41(42)43-23-11-13-25-46(43)55(49(44)31-38)47-26-14-12-24-45(47)52-40-20-8-7-15-35(40)28-30-48(52)55/h1-34H. The minimum absolute atomic E-state index is 0.573. The molecule has 0 saturated heterocycles. The molecule has 274 valence electrons. The Hall–Kier alpha value is -7.82. The summed E-state index contributed by atoms with van der Waals surface area (Å²) in [4.78, 5) is 20.0. The van der Waals surface area contributed by atoms with Crippen LogP contribution in [0.4, 0.5) is 0 Å². The molecule has 1 unspecified atom stereocenters. The van der Waals surface area contributed by atoms with Crippen molar-refractivity contribution in [1.29, 1.82) is 0 Å². The van der Waals surface area contributed by atoms with Gasteiger partial charge in [0.1, 0.15) is 0 Å². The van der Waals surface area contributed by atoms with E-state index in [0.717, 1.165) is 33.6 Å². The van der Waals surface area contributed by atoms with E-state index in [4.69, 9.17) is 19.9 Å². The fraction of sp³-hybridized carbons (Fsp3) is 0.0182. The maximum atomic E-state index is 5.32. The second kappa shape index (κ2) is 13.1. The van der Waals surface area contributed by atoms with Crippen LogP contribution in [0.15, 0.2) is 207 Å². The van der Waals surface area contributed by atoms with Crippen LogP contribution in [0, 0.1) is 0 Å². The van der Waals surface area contributed by atoms with Crippen molar-refractivity contribution in [2.24, 2.45) is 0 Å². The van der Waals surface area contributed by atoms with Gasteiger partial charge in [-0.15, -0.1) is 0 Å². The zero-order chi connectivity index (χ0) is 38.9. The highest BCUT2D eigenvalue weighted by molar-refractivity contribution is 6.06. The third-order valence-corrected chi connectivity index (χ3v) is 12.2. The number of rotatable bonds is 4. The summed E-state index contributed by atoms with van der Waals surface area (Å²) in [6.07, 6.45) is 3.67. The Morgan fingerprint density at radius 1 is 0.322 bits per heavy atom. The van der Waals surface area contributed by atoms with Crippen LogP contribution in [0.25, 0.3) is 89.4 Å². The average molecular weight is 751 g/mol. The predicted molar refractivity (Wildman–Crippen MR) is 239 cm³/mol. The second-order valence-electron chi connectivity index (χ2n) is 15.3. The molecule has 12 rings (SSSR count). The van der Waals surface area contributed by atoms with E-state index in [9.17, 15) is 0 Å². The normalized spacial score (nSPS) is 14.5. The van der Waals surface area contributed by atoms with Crippen molar-refractivity contribution < 1.29 is 0 Å². The summed E-state index contributed by atoms with van der Waals surface area (Å²) >= 11 is 0. The Morgan fingerprint density at radius 2 is 0.881 bits per heavy atom. The molecule has 2 heterocycles. The zero-order valence-corrected chi connectivity index (χ0v) is 31.9. The number of benzene rings is 8. The molecule has 0 bridgehead atoms. The Morgan fingerprint density at radius 3 is 1.61 bits per heavy atom. The lowest BCUT2D eigenvalue weighted by molar-refractivity contribution is 0.776. The molecule has 10 aromatic rings. The highest BCUT2D eigenvalue weighted by atomic mass is 14.9. The Balaban J connectivity index is 1.15. The summed E-state index contributed by atoms with van der Waals surface area (Å²) in [6, 6.07) is 69.9. The molecule has 0 N–H and O–H groups in total. The van der Waals surface area contributed by atoms with Crippen molar-refractivity contribution in [1.82, 2.24) is 19.9 Å². The molecule has 0 amide bonds. The van der Waals surface area contributed by atoms with Crippen LogP contribution in [0.3, 0.4) is 0 Å². The molecule has 0 fully saturated rings. The van der Waals surface area contributed by atoms with Gasteiger partial charge < -0.3 is 0 Å². The summed E-state index contributed by atoms with van der Waals surface area (Å²) < 4.78 is 0. The largest absolute Gasteiger partial charge is 0.236 e. The predicted octanol–water partition coefficient (Wildman–Crippen LogP) is 13.1. The Labute approximate surface area is 342 Å². The molecule has 2 aliphatic rings. The molecule has 4 nitrogen and oxygen atoms in total. The summed E-state index contributed by atoms with van der Waals surface area (Å²) in [5.41, 5.74) is 17.3. The van der Waals surface area contributed by atoms with E-state index in [1.165, 1.54) is 66.4 Å². The topological polar surface area (TPSA) is 51.6 Å². The molecule has 0 radical (unpaired) electrons. The Kier molecular flexibility index (Phi) is 7.41. The van der Waals surface area contributed by atoms with Gasteiger partial charge >= 0.3 is 0 Å². The van der Waals surface area contributed by atoms with E-state index in [1.807, 2.05) is 60.9 Å². The molecule has 2 aliphatic carbocycles. The molecular formula is C55H34N4. The molecule has 1 spiro atoms. The smallest absolute Gasteiger partial charge is 0.163 e. The van der Waals surface area contributed by atoms with Crippen LogP contribution in [-0.4, -0.2) is 19.9 Å². The first-order chi connectivity index (χ1) is 29.3. The number of hydrogen-bond acceptors (Lipinski definition) is 4. The summed E-state index contributed by atoms with van der Waals surface area (Å²) in [5.74, 6) is 1.24. The van der Waals surface area contributed by atoms with Crippen molar-refractivity contribution >= 4 is 10.8 Å². The SMILES string of the molecule is c1ccc(-c2cc(-c3ccc4c(c3)C3(c5ccccc5-c5ccccc5-4)c4ccccc4-c4c3ccc3ccccc43)nc(-c3cnc(-c4ccccc4)nc3)n2)cc1. The number of nitrogens with zero attached hydrogens (tertiary/aromatic N) is 4. The van der Waals surface area contributed by atoms with Crippen LogP contribution in [-0.2, 0) is 5.41 Å². The van der Waals surface area contributed by atoms with Crippen LogP contribution in [0.1, 0.15) is 22.3 Å². The third-order valence-electron chi connectivity index (χ3n) is 12.2. The summed E-state index contributed by atoms with van der Waals surface area (Å²) in [7, 11) is 0. The van der Waals surface area contributed by atoms with Gasteiger partial charge in [0.15, 0.2) is 11.6 Å². The highest BCUT2D eigenvalue weighted by Crippen LogP contribution is 2.62. The van der Waals surface area contributed by atoms with Crippen LogP contribution in [0.2, 0.25) is 0 Å². The molecule has 59 heavy (non-hydrogen) atoms. The molecule has 4 heteroatoms. The van der Waals surface area contributed by atoms with Crippen molar-refractivity contribution in [2.45, 2.75) is 5.41 Å². The van der Waals surface area contributed by atoms with E-state index >= 15 is 0 Å². The van der Waals surface area contributed by atoms with Gasteiger partial charge in [0.25, 0.3) is 0 Å². The quantitative estimate of drug-likeness (QED) is 0.180. The molecule has 2 aromatic heterocycles. The van der Waals surface area contributed by atoms with E-state index < -0.39 is 5.41 Å². The van der Waals surface area contributed by atoms with Crippen molar-refractivity contribution in [3.05, 3.63) is 229 Å². The fourth-order valence-electron chi connectivity index (χ4n) is 9.68. The van der Waals surface area contributed by atoms with Crippen LogP contribution < -0.4 is 0 Å². The van der Waals surface area contributed by atoms with E-state index in [0.29, 0.717) is 11.6 Å². The molecule has 0 aliphatic heterocycles. The highest BCUT2D eigenvalue weighted by Gasteiger charge is 2.50. The maximum absolute atomic E-state index is 5.32. The molecule has 1 atom stereocenters. The van der Waals surface area contributed by atoms with Gasteiger partial charge in [0, 0.05) is 29.1 Å². The average Bonchev–Trinajstić information content (AvgIpc) is 3.57. The fourth-order valence-corrected chi connectivity index (χ4v) is 9.68. The first kappa shape index (κ1) is 33.3. The monoisotopic (exact) mass is 750 g/mol. The summed E-state index contributed by atoms with van der Waals surface area (Å²) in [5, 5.41) is 2.50. The van der Waals surface area contributed by atoms with Gasteiger partial charge in [0.2, 0.25) is 0 Å².